The number of ether oxygens (including phenoxy) is 1. The summed E-state index contributed by atoms with van der Waals surface area (Å²) in [4.78, 5) is 43.5. The molecular weight excluding hydrogens is 382 g/mol. The Hall–Kier alpha value is -3.09. The molecule has 0 unspecified atom stereocenters. The number of likely N-dealkylation sites (N-methyl/N-ethyl adjacent to an activating group) is 1. The minimum Gasteiger partial charge on any atom is -0.410 e. The lowest BCUT2D eigenvalue weighted by Crippen LogP contribution is -2.70. The maximum absolute atomic E-state index is 13.0. The van der Waals surface area contributed by atoms with Gasteiger partial charge in [0.1, 0.15) is 17.8 Å². The van der Waals surface area contributed by atoms with Crippen molar-refractivity contribution >= 4 is 28.7 Å². The van der Waals surface area contributed by atoms with E-state index in [-0.39, 0.29) is 18.4 Å². The number of benzene rings is 2. The Bertz CT molecular complexity index is 984. The largest absolute Gasteiger partial charge is 0.415 e. The van der Waals surface area contributed by atoms with Crippen molar-refractivity contribution in [3.8, 4) is 5.75 Å². The van der Waals surface area contributed by atoms with Crippen LogP contribution in [-0.2, 0) is 9.59 Å². The van der Waals surface area contributed by atoms with E-state index in [0.29, 0.717) is 31.2 Å². The number of hydrogen-bond acceptors (Lipinski definition) is 4. The Morgan fingerprint density at radius 1 is 1.07 bits per heavy atom. The average molecular weight is 409 g/mol. The molecule has 2 atom stereocenters. The molecule has 0 saturated carbocycles. The van der Waals surface area contributed by atoms with Crippen LogP contribution in [0.5, 0.6) is 5.75 Å². The lowest BCUT2D eigenvalue weighted by Gasteiger charge is -2.48. The molecule has 0 aromatic heterocycles. The molecule has 2 fully saturated rings. The fourth-order valence-corrected chi connectivity index (χ4v) is 4.32. The first-order chi connectivity index (χ1) is 14.4. The van der Waals surface area contributed by atoms with E-state index < -0.39 is 18.2 Å². The van der Waals surface area contributed by atoms with Crippen LogP contribution in [0.15, 0.2) is 42.5 Å². The van der Waals surface area contributed by atoms with Gasteiger partial charge in [-0.2, -0.15) is 0 Å². The topological polar surface area (TPSA) is 70.2 Å². The molecule has 0 aliphatic carbocycles. The first kappa shape index (κ1) is 20.2. The fraction of sp³-hybridized carbons (Fsp3) is 0.435. The van der Waals surface area contributed by atoms with E-state index >= 15 is 0 Å². The Labute approximate surface area is 176 Å². The smallest absolute Gasteiger partial charge is 0.410 e. The van der Waals surface area contributed by atoms with Crippen molar-refractivity contribution < 1.29 is 19.1 Å². The van der Waals surface area contributed by atoms with Gasteiger partial charge in [0.05, 0.1) is 6.54 Å². The molecule has 2 heterocycles. The normalized spacial score (nSPS) is 21.9. The summed E-state index contributed by atoms with van der Waals surface area (Å²) in [6.45, 7) is 4.91. The number of piperazine rings is 2. The number of hydrogen-bond donors (Lipinski definition) is 0. The number of carbonyl (C=O) groups is 3. The summed E-state index contributed by atoms with van der Waals surface area (Å²) in [5.74, 6) is 0.643. The molecule has 2 aliphatic heterocycles. The maximum Gasteiger partial charge on any atom is 0.415 e. The Morgan fingerprint density at radius 2 is 1.80 bits per heavy atom. The SMILES string of the molecule is CC(C)C[C@H]1C(=O)N2CCN(C(=O)Oc3cccc4ccccc34)C[C@@H]2C(=O)N1C. The predicted molar refractivity (Wildman–Crippen MR) is 113 cm³/mol. The van der Waals surface area contributed by atoms with E-state index in [0.717, 1.165) is 10.8 Å². The van der Waals surface area contributed by atoms with Crippen molar-refractivity contribution in [2.24, 2.45) is 5.92 Å². The highest BCUT2D eigenvalue weighted by Gasteiger charge is 2.47. The number of fused-ring (bicyclic) bond motifs is 2. The molecule has 3 amide bonds. The van der Waals surface area contributed by atoms with Gasteiger partial charge in [0.2, 0.25) is 11.8 Å². The van der Waals surface area contributed by atoms with E-state index in [1.165, 1.54) is 4.90 Å². The highest BCUT2D eigenvalue weighted by atomic mass is 16.6. The minimum atomic E-state index is -0.653. The maximum atomic E-state index is 13.0. The highest BCUT2D eigenvalue weighted by Crippen LogP contribution is 2.28. The minimum absolute atomic E-state index is 0.0297. The molecule has 0 bridgehead atoms. The standard InChI is InChI=1S/C23H27N3O4/c1-15(2)13-18-22(28)26-12-11-25(14-19(26)21(27)24(18)3)23(29)30-20-10-6-8-16-7-4-5-9-17(16)20/h4-10,15,18-19H,11-14H2,1-3H3/t18-,19+/m0/s1. The van der Waals surface area contributed by atoms with Gasteiger partial charge in [-0.3, -0.25) is 9.59 Å². The van der Waals surface area contributed by atoms with Crippen molar-refractivity contribution in [3.63, 3.8) is 0 Å². The summed E-state index contributed by atoms with van der Waals surface area (Å²) in [6.07, 6.45) is 0.134. The third-order valence-corrected chi connectivity index (χ3v) is 5.95. The monoisotopic (exact) mass is 409 g/mol. The third kappa shape index (κ3) is 3.60. The summed E-state index contributed by atoms with van der Waals surface area (Å²) in [7, 11) is 1.68. The molecule has 7 heteroatoms. The summed E-state index contributed by atoms with van der Waals surface area (Å²) in [5, 5.41) is 1.84. The molecule has 2 aliphatic rings. The van der Waals surface area contributed by atoms with Gasteiger partial charge in [-0.15, -0.1) is 0 Å². The molecule has 0 spiro atoms. The van der Waals surface area contributed by atoms with Gasteiger partial charge in [-0.1, -0.05) is 50.2 Å². The molecule has 158 valence electrons. The zero-order valence-electron chi connectivity index (χ0n) is 17.6. The first-order valence-corrected chi connectivity index (χ1v) is 10.4. The Morgan fingerprint density at radius 3 is 2.57 bits per heavy atom. The van der Waals surface area contributed by atoms with Gasteiger partial charge in [-0.05, 0) is 23.8 Å². The molecule has 2 aromatic carbocycles. The molecule has 2 saturated heterocycles. The van der Waals surface area contributed by atoms with E-state index in [4.69, 9.17) is 4.74 Å². The summed E-state index contributed by atoms with van der Waals surface area (Å²) < 4.78 is 5.67. The van der Waals surface area contributed by atoms with Crippen LogP contribution in [0.1, 0.15) is 20.3 Å². The van der Waals surface area contributed by atoms with E-state index in [1.54, 1.807) is 22.9 Å². The summed E-state index contributed by atoms with van der Waals surface area (Å²) >= 11 is 0. The third-order valence-electron chi connectivity index (χ3n) is 5.95. The lowest BCUT2D eigenvalue weighted by molar-refractivity contribution is -0.163. The van der Waals surface area contributed by atoms with Gasteiger partial charge in [0.25, 0.3) is 0 Å². The number of amides is 3. The molecule has 2 aromatic rings. The van der Waals surface area contributed by atoms with Gasteiger partial charge in [-0.25, -0.2) is 4.79 Å². The van der Waals surface area contributed by atoms with E-state index in [1.807, 2.05) is 50.2 Å². The van der Waals surface area contributed by atoms with Crippen LogP contribution >= 0.6 is 0 Å². The van der Waals surface area contributed by atoms with Crippen molar-refractivity contribution in [2.75, 3.05) is 26.7 Å². The summed E-state index contributed by atoms with van der Waals surface area (Å²) in [5.41, 5.74) is 0. The zero-order chi connectivity index (χ0) is 21.4. The van der Waals surface area contributed by atoms with Crippen LogP contribution in [0, 0.1) is 5.92 Å². The predicted octanol–water partition coefficient (Wildman–Crippen LogP) is 2.74. The van der Waals surface area contributed by atoms with Gasteiger partial charge in [0, 0.05) is 25.5 Å². The number of nitrogens with zero attached hydrogens (tertiary/aromatic N) is 3. The zero-order valence-corrected chi connectivity index (χ0v) is 17.6. The van der Waals surface area contributed by atoms with E-state index in [2.05, 4.69) is 0 Å². The van der Waals surface area contributed by atoms with Crippen molar-refractivity contribution in [1.82, 2.24) is 14.7 Å². The van der Waals surface area contributed by atoms with Crippen LogP contribution in [0.3, 0.4) is 0 Å². The Balaban J connectivity index is 1.49. The van der Waals surface area contributed by atoms with Gasteiger partial charge >= 0.3 is 6.09 Å². The second-order valence-electron chi connectivity index (χ2n) is 8.43. The highest BCUT2D eigenvalue weighted by molar-refractivity contribution is 5.97. The van der Waals surface area contributed by atoms with Crippen LogP contribution in [0.25, 0.3) is 10.8 Å². The molecule has 0 radical (unpaired) electrons. The van der Waals surface area contributed by atoms with E-state index in [9.17, 15) is 14.4 Å². The Kier molecular flexibility index (Phi) is 5.37. The molecule has 4 rings (SSSR count). The van der Waals surface area contributed by atoms with Crippen LogP contribution < -0.4 is 4.74 Å². The first-order valence-electron chi connectivity index (χ1n) is 10.4. The lowest BCUT2D eigenvalue weighted by atomic mass is 9.95. The quantitative estimate of drug-likeness (QED) is 0.782. The molecular formula is C23H27N3O4. The summed E-state index contributed by atoms with van der Waals surface area (Å²) in [6, 6.07) is 12.2. The number of carbonyl (C=O) groups excluding carboxylic acids is 3. The van der Waals surface area contributed by atoms with Crippen molar-refractivity contribution in [3.05, 3.63) is 42.5 Å². The van der Waals surface area contributed by atoms with Crippen LogP contribution in [0.4, 0.5) is 4.79 Å². The van der Waals surface area contributed by atoms with Gasteiger partial charge in [0.15, 0.2) is 0 Å². The average Bonchev–Trinajstić information content (AvgIpc) is 2.75. The van der Waals surface area contributed by atoms with Gasteiger partial charge < -0.3 is 19.4 Å². The molecule has 7 nitrogen and oxygen atoms in total. The number of rotatable bonds is 3. The second-order valence-corrected chi connectivity index (χ2v) is 8.43. The second kappa shape index (κ2) is 7.97. The van der Waals surface area contributed by atoms with Crippen molar-refractivity contribution in [2.45, 2.75) is 32.4 Å². The molecule has 30 heavy (non-hydrogen) atoms. The van der Waals surface area contributed by atoms with Crippen LogP contribution in [0.2, 0.25) is 0 Å². The fourth-order valence-electron chi connectivity index (χ4n) is 4.32. The molecule has 0 N–H and O–H groups in total. The van der Waals surface area contributed by atoms with Crippen molar-refractivity contribution in [1.29, 1.82) is 0 Å². The van der Waals surface area contributed by atoms with Crippen LogP contribution in [-0.4, -0.2) is 71.4 Å².